The Labute approximate surface area is 166 Å². The number of hydrogen-bond acceptors (Lipinski definition) is 2. The lowest BCUT2D eigenvalue weighted by Crippen LogP contribution is -2.56. The van der Waals surface area contributed by atoms with Gasteiger partial charge in [0.2, 0.25) is 0 Å². The maximum Gasteiger partial charge on any atom is 0.431 e. The zero-order chi connectivity index (χ0) is 21.0. The van der Waals surface area contributed by atoms with Crippen LogP contribution in [-0.4, -0.2) is 47.0 Å². The predicted octanol–water partition coefficient (Wildman–Crippen LogP) is 4.03. The maximum absolute atomic E-state index is 13.5. The van der Waals surface area contributed by atoms with Crippen molar-refractivity contribution in [3.05, 3.63) is 58.7 Å². The second kappa shape index (κ2) is 6.86. The molecular weight excluding hydrogens is 386 g/mol. The zero-order valence-corrected chi connectivity index (χ0v) is 16.4. The highest BCUT2D eigenvalue weighted by atomic mass is 19.4. The summed E-state index contributed by atoms with van der Waals surface area (Å²) in [5.74, 6) is -0.531. The van der Waals surface area contributed by atoms with Gasteiger partial charge >= 0.3 is 6.18 Å². The van der Waals surface area contributed by atoms with E-state index in [-0.39, 0.29) is 11.7 Å². The van der Waals surface area contributed by atoms with Gasteiger partial charge in [-0.3, -0.25) is 9.69 Å². The van der Waals surface area contributed by atoms with E-state index in [9.17, 15) is 22.4 Å². The summed E-state index contributed by atoms with van der Waals surface area (Å²) in [6, 6.07) is 7.04. The van der Waals surface area contributed by atoms with Crippen molar-refractivity contribution in [2.75, 3.05) is 26.7 Å². The molecule has 1 saturated heterocycles. The van der Waals surface area contributed by atoms with Crippen LogP contribution in [0, 0.1) is 12.7 Å². The average Bonchev–Trinajstić information content (AvgIpc) is 3.13. The number of benzene rings is 1. The highest BCUT2D eigenvalue weighted by Crippen LogP contribution is 2.44. The van der Waals surface area contributed by atoms with Crippen LogP contribution in [0.4, 0.5) is 17.6 Å². The molecule has 1 amide bonds. The number of aromatic nitrogens is 1. The minimum atomic E-state index is -4.38. The van der Waals surface area contributed by atoms with E-state index in [1.54, 1.807) is 17.9 Å². The Hall–Kier alpha value is -2.35. The molecule has 1 spiro atoms. The molecule has 4 nitrogen and oxygen atoms in total. The molecule has 2 aliphatic heterocycles. The molecular formula is C21H23F4N3O. The van der Waals surface area contributed by atoms with Crippen LogP contribution in [0.5, 0.6) is 0 Å². The molecule has 8 heteroatoms. The van der Waals surface area contributed by atoms with Crippen molar-refractivity contribution in [2.45, 2.75) is 38.0 Å². The predicted molar refractivity (Wildman–Crippen MR) is 100 cm³/mol. The number of piperidine rings is 1. The van der Waals surface area contributed by atoms with Gasteiger partial charge in [0.1, 0.15) is 11.5 Å². The second-order valence-corrected chi connectivity index (χ2v) is 7.96. The molecule has 1 aromatic carbocycles. The summed E-state index contributed by atoms with van der Waals surface area (Å²) in [6.45, 7) is 3.31. The Kier molecular flexibility index (Phi) is 4.72. The lowest BCUT2D eigenvalue weighted by atomic mass is 9.81. The number of likely N-dealkylation sites (N-methyl/N-ethyl adjacent to an activating group) is 1. The summed E-state index contributed by atoms with van der Waals surface area (Å²) in [6.07, 6.45) is -3.28. The van der Waals surface area contributed by atoms with Crippen LogP contribution >= 0.6 is 0 Å². The van der Waals surface area contributed by atoms with E-state index in [2.05, 4.69) is 4.90 Å². The van der Waals surface area contributed by atoms with Gasteiger partial charge < -0.3 is 9.47 Å². The van der Waals surface area contributed by atoms with Gasteiger partial charge in [-0.05, 0) is 62.7 Å². The normalized spacial score (nSPS) is 19.4. The Morgan fingerprint density at radius 1 is 1.03 bits per heavy atom. The fourth-order valence-electron chi connectivity index (χ4n) is 4.70. The Balaban J connectivity index is 1.58. The highest BCUT2D eigenvalue weighted by molar-refractivity contribution is 5.94. The van der Waals surface area contributed by atoms with Crippen molar-refractivity contribution in [2.24, 2.45) is 0 Å². The first-order chi connectivity index (χ1) is 13.6. The molecule has 3 heterocycles. The fourth-order valence-corrected chi connectivity index (χ4v) is 4.70. The maximum atomic E-state index is 13.5. The van der Waals surface area contributed by atoms with Crippen LogP contribution in [0.2, 0.25) is 0 Å². The molecule has 0 aliphatic carbocycles. The van der Waals surface area contributed by atoms with E-state index in [4.69, 9.17) is 0 Å². The highest BCUT2D eigenvalue weighted by Gasteiger charge is 2.47. The van der Waals surface area contributed by atoms with E-state index < -0.39 is 17.4 Å². The average molecular weight is 409 g/mol. The molecule has 0 atom stereocenters. The summed E-state index contributed by atoms with van der Waals surface area (Å²) >= 11 is 0. The molecule has 0 saturated carbocycles. The lowest BCUT2D eigenvalue weighted by Gasteiger charge is -2.50. The molecule has 156 valence electrons. The van der Waals surface area contributed by atoms with Crippen molar-refractivity contribution < 1.29 is 22.4 Å². The summed E-state index contributed by atoms with van der Waals surface area (Å²) < 4.78 is 55.0. The van der Waals surface area contributed by atoms with Crippen LogP contribution in [0.15, 0.2) is 30.3 Å². The Bertz CT molecular complexity index is 942. The van der Waals surface area contributed by atoms with Crippen LogP contribution in [0.1, 0.15) is 40.2 Å². The molecule has 0 bridgehead atoms. The Morgan fingerprint density at radius 2 is 1.72 bits per heavy atom. The number of rotatable bonds is 1. The summed E-state index contributed by atoms with van der Waals surface area (Å²) in [7, 11) is 1.94. The topological polar surface area (TPSA) is 28.5 Å². The third-order valence-corrected chi connectivity index (χ3v) is 6.42. The number of likely N-dealkylation sites (tertiary alicyclic amines) is 1. The molecule has 2 aliphatic rings. The number of hydrogen-bond donors (Lipinski definition) is 0. The van der Waals surface area contributed by atoms with Gasteiger partial charge in [-0.25, -0.2) is 4.39 Å². The van der Waals surface area contributed by atoms with Crippen molar-refractivity contribution in [1.29, 1.82) is 0 Å². The third-order valence-electron chi connectivity index (χ3n) is 6.42. The van der Waals surface area contributed by atoms with Gasteiger partial charge in [-0.15, -0.1) is 0 Å². The molecule has 29 heavy (non-hydrogen) atoms. The lowest BCUT2D eigenvalue weighted by molar-refractivity contribution is -0.144. The van der Waals surface area contributed by atoms with Crippen LogP contribution in [0.25, 0.3) is 0 Å². The van der Waals surface area contributed by atoms with Crippen molar-refractivity contribution in [3.8, 4) is 0 Å². The number of amides is 1. The first-order valence-corrected chi connectivity index (χ1v) is 9.67. The number of alkyl halides is 3. The Morgan fingerprint density at radius 3 is 2.34 bits per heavy atom. The summed E-state index contributed by atoms with van der Waals surface area (Å²) in [5.41, 5.74) is 0.383. The smallest absolute Gasteiger partial charge is 0.338 e. The molecule has 0 unspecified atom stereocenters. The van der Waals surface area contributed by atoms with Crippen LogP contribution in [-0.2, 0) is 18.3 Å². The van der Waals surface area contributed by atoms with E-state index in [1.807, 2.05) is 7.05 Å². The molecule has 2 aromatic rings. The number of aryl methyl sites for hydroxylation is 1. The summed E-state index contributed by atoms with van der Waals surface area (Å²) in [4.78, 5) is 16.7. The summed E-state index contributed by atoms with van der Waals surface area (Å²) in [5, 5.41) is 0. The molecule has 1 aromatic heterocycles. The minimum Gasteiger partial charge on any atom is -0.338 e. The van der Waals surface area contributed by atoms with Gasteiger partial charge in [0.25, 0.3) is 5.91 Å². The van der Waals surface area contributed by atoms with Gasteiger partial charge in [-0.1, -0.05) is 0 Å². The van der Waals surface area contributed by atoms with Gasteiger partial charge in [0.05, 0.1) is 5.54 Å². The van der Waals surface area contributed by atoms with Gasteiger partial charge in [-0.2, -0.15) is 13.2 Å². The van der Waals surface area contributed by atoms with E-state index in [1.165, 1.54) is 22.8 Å². The van der Waals surface area contributed by atoms with Gasteiger partial charge in [0, 0.05) is 37.4 Å². The van der Waals surface area contributed by atoms with E-state index in [0.29, 0.717) is 55.8 Å². The molecule has 0 radical (unpaired) electrons. The molecule has 1 fully saturated rings. The van der Waals surface area contributed by atoms with Crippen LogP contribution < -0.4 is 0 Å². The standard InChI is InChI=1S/C21H23F4N3O/c1-14-13-15(3-4-16(14)22)19(29)27-9-7-20(8-10-27)17-5-6-18(21(23,24)25)28(17)12-11-26(20)2/h3-6,13H,7-12H2,1-2H3. The van der Waals surface area contributed by atoms with Crippen molar-refractivity contribution in [3.63, 3.8) is 0 Å². The number of fused-ring (bicyclic) bond motifs is 2. The first-order valence-electron chi connectivity index (χ1n) is 9.67. The molecule has 0 N–H and O–H groups in total. The number of carbonyl (C=O) groups excluding carboxylic acids is 1. The number of halogens is 4. The second-order valence-electron chi connectivity index (χ2n) is 7.96. The third kappa shape index (κ3) is 3.23. The molecule has 4 rings (SSSR count). The van der Waals surface area contributed by atoms with Crippen molar-refractivity contribution >= 4 is 5.91 Å². The fraction of sp³-hybridized carbons (Fsp3) is 0.476. The van der Waals surface area contributed by atoms with Gasteiger partial charge in [0.15, 0.2) is 0 Å². The van der Waals surface area contributed by atoms with E-state index in [0.717, 1.165) is 6.07 Å². The monoisotopic (exact) mass is 409 g/mol. The number of nitrogens with zero attached hydrogens (tertiary/aromatic N) is 3. The zero-order valence-electron chi connectivity index (χ0n) is 16.4. The first kappa shape index (κ1) is 19.9. The van der Waals surface area contributed by atoms with E-state index >= 15 is 0 Å². The minimum absolute atomic E-state index is 0.173. The van der Waals surface area contributed by atoms with Crippen LogP contribution in [0.3, 0.4) is 0 Å². The SMILES string of the molecule is Cc1cc(C(=O)N2CCC3(CC2)c2ccc(C(F)(F)F)n2CCN3C)ccc1F. The largest absolute Gasteiger partial charge is 0.431 e. The number of carbonyl (C=O) groups is 1. The quantitative estimate of drug-likeness (QED) is 0.666. The van der Waals surface area contributed by atoms with Crippen molar-refractivity contribution in [1.82, 2.24) is 14.4 Å².